The number of fused-ring (bicyclic) bond motifs is 1. The zero-order chi connectivity index (χ0) is 24.6. The molecule has 1 fully saturated rings. The molecule has 5 rings (SSSR count). The normalized spacial score (nSPS) is 20.1. The Morgan fingerprint density at radius 1 is 1.31 bits per heavy atom. The van der Waals surface area contributed by atoms with Crippen LogP contribution in [-0.2, 0) is 21.6 Å². The molecule has 3 aromatic rings. The smallest absolute Gasteiger partial charge is 0.253 e. The number of aromatic nitrogens is 5. The third kappa shape index (κ3) is 4.96. The standard InChI is InChI=1S/C24H29N7O4/c1-14-9-19(30-35-14)21-28-27-20-10-18(24(2,3)4)23(29-31(20)21)34-13-16-6-5-15(11-25-16)22(32)26-17-7-8-33-12-17/h5-6,9-11,17,19,30H,7-8,12-13H2,1-4H3,(H,26,32). The van der Waals surface area contributed by atoms with Crippen molar-refractivity contribution in [2.75, 3.05) is 13.2 Å². The first-order chi connectivity index (χ1) is 16.8. The van der Waals surface area contributed by atoms with Crippen LogP contribution in [0.2, 0.25) is 0 Å². The highest BCUT2D eigenvalue weighted by molar-refractivity contribution is 5.94. The number of ether oxygens (including phenoxy) is 2. The Balaban J connectivity index is 1.35. The molecule has 1 saturated heterocycles. The van der Waals surface area contributed by atoms with E-state index in [1.807, 2.05) is 19.1 Å². The Kier molecular flexibility index (Phi) is 6.12. The molecule has 0 aliphatic carbocycles. The number of amides is 1. The second-order valence-electron chi connectivity index (χ2n) is 9.78. The molecule has 0 aromatic carbocycles. The summed E-state index contributed by atoms with van der Waals surface area (Å²) < 4.78 is 13.1. The quantitative estimate of drug-likeness (QED) is 0.548. The van der Waals surface area contributed by atoms with Crippen molar-refractivity contribution in [3.05, 3.63) is 58.9 Å². The van der Waals surface area contributed by atoms with Gasteiger partial charge in [-0.1, -0.05) is 20.8 Å². The highest BCUT2D eigenvalue weighted by Crippen LogP contribution is 2.32. The van der Waals surface area contributed by atoms with Gasteiger partial charge in [-0.3, -0.25) is 9.78 Å². The number of nitrogens with one attached hydrogen (secondary N) is 2. The van der Waals surface area contributed by atoms with Crippen LogP contribution in [0.5, 0.6) is 5.88 Å². The summed E-state index contributed by atoms with van der Waals surface area (Å²) in [6.07, 6.45) is 4.30. The fourth-order valence-corrected chi connectivity index (χ4v) is 3.96. The molecular formula is C24H29N7O4. The van der Waals surface area contributed by atoms with Crippen molar-refractivity contribution >= 4 is 11.6 Å². The maximum atomic E-state index is 12.4. The molecule has 2 unspecified atom stereocenters. The summed E-state index contributed by atoms with van der Waals surface area (Å²) in [6.45, 7) is 9.54. The van der Waals surface area contributed by atoms with Crippen LogP contribution in [0.3, 0.4) is 0 Å². The van der Waals surface area contributed by atoms with Gasteiger partial charge in [0.2, 0.25) is 5.88 Å². The number of allylic oxidation sites excluding steroid dienone is 1. The van der Waals surface area contributed by atoms with E-state index in [9.17, 15) is 4.79 Å². The fraction of sp³-hybridized carbons (Fsp3) is 0.458. The highest BCUT2D eigenvalue weighted by Gasteiger charge is 2.27. The van der Waals surface area contributed by atoms with E-state index in [2.05, 4.69) is 46.7 Å². The molecule has 11 nitrogen and oxygen atoms in total. The molecule has 2 aliphatic heterocycles. The third-order valence-corrected chi connectivity index (χ3v) is 5.93. The lowest BCUT2D eigenvalue weighted by Crippen LogP contribution is -2.35. The average molecular weight is 480 g/mol. The first kappa shape index (κ1) is 23.2. The zero-order valence-corrected chi connectivity index (χ0v) is 20.2. The number of hydrogen-bond acceptors (Lipinski definition) is 9. The summed E-state index contributed by atoms with van der Waals surface area (Å²) in [5.41, 5.74) is 5.39. The molecule has 11 heteroatoms. The number of carbonyl (C=O) groups is 1. The first-order valence-corrected chi connectivity index (χ1v) is 11.6. The number of pyridine rings is 1. The maximum Gasteiger partial charge on any atom is 0.253 e. The molecule has 35 heavy (non-hydrogen) atoms. The molecule has 0 saturated carbocycles. The van der Waals surface area contributed by atoms with E-state index in [0.717, 1.165) is 17.7 Å². The zero-order valence-electron chi connectivity index (χ0n) is 20.2. The van der Waals surface area contributed by atoms with E-state index in [0.29, 0.717) is 41.8 Å². The topological polar surface area (TPSA) is 125 Å². The Morgan fingerprint density at radius 3 is 2.83 bits per heavy atom. The van der Waals surface area contributed by atoms with Gasteiger partial charge in [0.25, 0.3) is 5.91 Å². The summed E-state index contributed by atoms with van der Waals surface area (Å²) in [6, 6.07) is 5.26. The Bertz CT molecular complexity index is 1260. The summed E-state index contributed by atoms with van der Waals surface area (Å²) in [4.78, 5) is 22.2. The van der Waals surface area contributed by atoms with Gasteiger partial charge in [-0.05, 0) is 43.0 Å². The lowest BCUT2D eigenvalue weighted by molar-refractivity contribution is 0.0929. The van der Waals surface area contributed by atoms with Crippen molar-refractivity contribution in [1.29, 1.82) is 0 Å². The van der Waals surface area contributed by atoms with E-state index >= 15 is 0 Å². The predicted molar refractivity (Wildman–Crippen MR) is 125 cm³/mol. The average Bonchev–Trinajstić information content (AvgIpc) is 3.58. The molecule has 2 aliphatic rings. The lowest BCUT2D eigenvalue weighted by atomic mass is 9.88. The SMILES string of the molecule is CC1=CC(c2nnc3cc(C(C)(C)C)c(OCc4ccc(C(=O)NC5CCOC5)cn4)nn23)NO1. The van der Waals surface area contributed by atoms with E-state index in [1.165, 1.54) is 0 Å². The van der Waals surface area contributed by atoms with Gasteiger partial charge in [-0.25, -0.2) is 0 Å². The van der Waals surface area contributed by atoms with Gasteiger partial charge >= 0.3 is 0 Å². The number of nitrogens with zero attached hydrogens (tertiary/aromatic N) is 5. The van der Waals surface area contributed by atoms with Gasteiger partial charge in [0.05, 0.1) is 23.9 Å². The van der Waals surface area contributed by atoms with Crippen LogP contribution in [-0.4, -0.2) is 50.0 Å². The largest absolute Gasteiger partial charge is 0.470 e. The molecule has 2 N–H and O–H groups in total. The summed E-state index contributed by atoms with van der Waals surface area (Å²) >= 11 is 0. The molecule has 0 bridgehead atoms. The van der Waals surface area contributed by atoms with Gasteiger partial charge in [0.15, 0.2) is 11.5 Å². The summed E-state index contributed by atoms with van der Waals surface area (Å²) in [7, 11) is 0. The minimum Gasteiger partial charge on any atom is -0.470 e. The molecule has 3 aromatic heterocycles. The highest BCUT2D eigenvalue weighted by atomic mass is 16.7. The first-order valence-electron chi connectivity index (χ1n) is 11.6. The molecule has 5 heterocycles. The van der Waals surface area contributed by atoms with Crippen LogP contribution in [0.4, 0.5) is 0 Å². The minimum atomic E-state index is -0.262. The van der Waals surface area contributed by atoms with Crippen molar-refractivity contribution in [2.45, 2.75) is 58.2 Å². The van der Waals surface area contributed by atoms with Crippen molar-refractivity contribution in [2.24, 2.45) is 0 Å². The Hall–Kier alpha value is -3.57. The lowest BCUT2D eigenvalue weighted by Gasteiger charge is -2.22. The van der Waals surface area contributed by atoms with E-state index < -0.39 is 0 Å². The maximum absolute atomic E-state index is 12.4. The van der Waals surface area contributed by atoms with Crippen molar-refractivity contribution in [3.8, 4) is 5.88 Å². The Morgan fingerprint density at radius 2 is 2.17 bits per heavy atom. The fourth-order valence-electron chi connectivity index (χ4n) is 3.96. The summed E-state index contributed by atoms with van der Waals surface area (Å²) in [5.74, 6) is 1.67. The number of carbonyl (C=O) groups excluding carboxylic acids is 1. The van der Waals surface area contributed by atoms with Crippen LogP contribution >= 0.6 is 0 Å². The van der Waals surface area contributed by atoms with Gasteiger partial charge in [-0.2, -0.15) is 4.52 Å². The van der Waals surface area contributed by atoms with Crippen LogP contribution in [0, 0.1) is 0 Å². The van der Waals surface area contributed by atoms with Crippen LogP contribution in [0.15, 0.2) is 36.2 Å². The second kappa shape index (κ2) is 9.23. The van der Waals surface area contributed by atoms with E-state index in [-0.39, 0.29) is 30.0 Å². The summed E-state index contributed by atoms with van der Waals surface area (Å²) in [5, 5.41) is 16.3. The number of hydroxylamine groups is 1. The number of rotatable bonds is 6. The molecule has 0 spiro atoms. The van der Waals surface area contributed by atoms with Crippen LogP contribution < -0.4 is 15.5 Å². The Labute approximate surface area is 202 Å². The van der Waals surface area contributed by atoms with Gasteiger partial charge in [-0.15, -0.1) is 20.8 Å². The van der Waals surface area contributed by atoms with E-state index in [4.69, 9.17) is 19.4 Å². The molecule has 2 atom stereocenters. The molecule has 184 valence electrons. The number of hydrogen-bond donors (Lipinski definition) is 2. The van der Waals surface area contributed by atoms with Crippen molar-refractivity contribution in [1.82, 2.24) is 35.6 Å². The molecule has 0 radical (unpaired) electrons. The van der Waals surface area contributed by atoms with E-state index in [1.54, 1.807) is 22.8 Å². The molecular weight excluding hydrogens is 450 g/mol. The minimum absolute atomic E-state index is 0.0512. The van der Waals surface area contributed by atoms with Crippen molar-refractivity contribution < 1.29 is 19.1 Å². The van der Waals surface area contributed by atoms with Crippen LogP contribution in [0.25, 0.3) is 5.65 Å². The molecule has 1 amide bonds. The van der Waals surface area contributed by atoms with Crippen LogP contribution in [0.1, 0.15) is 67.6 Å². The van der Waals surface area contributed by atoms with Gasteiger partial charge < -0.3 is 19.6 Å². The monoisotopic (exact) mass is 479 g/mol. The van der Waals surface area contributed by atoms with Gasteiger partial charge in [0.1, 0.15) is 18.4 Å². The predicted octanol–water partition coefficient (Wildman–Crippen LogP) is 2.39. The third-order valence-electron chi connectivity index (χ3n) is 5.93. The van der Waals surface area contributed by atoms with Gasteiger partial charge in [0, 0.05) is 18.4 Å². The van der Waals surface area contributed by atoms with Crippen molar-refractivity contribution in [3.63, 3.8) is 0 Å². The second-order valence-corrected chi connectivity index (χ2v) is 9.78.